The molecule has 0 spiro atoms. The molecule has 3 heteroatoms. The van der Waals surface area contributed by atoms with Crippen LogP contribution >= 0.6 is 0 Å². The van der Waals surface area contributed by atoms with Gasteiger partial charge in [0.2, 0.25) is 0 Å². The molecule has 0 fully saturated rings. The molecule has 1 heterocycles. The number of hydrogen-bond donors (Lipinski definition) is 2. The fourth-order valence-corrected chi connectivity index (χ4v) is 2.16. The average molecular weight is 251 g/mol. The third-order valence-corrected chi connectivity index (χ3v) is 3.24. The molecule has 0 aliphatic heterocycles. The minimum atomic E-state index is 0.708. The second-order valence-corrected chi connectivity index (χ2v) is 4.61. The number of nitrogens with zero attached hydrogens (tertiary/aromatic N) is 1. The smallest absolute Gasteiger partial charge is 0.126 e. The molecule has 3 aromatic rings. The number of fused-ring (bicyclic) bond motifs is 1. The van der Waals surface area contributed by atoms with Crippen LogP contribution in [0.1, 0.15) is 18.3 Å². The van der Waals surface area contributed by atoms with Crippen molar-refractivity contribution in [1.82, 2.24) is 9.97 Å². The summed E-state index contributed by atoms with van der Waals surface area (Å²) in [6.45, 7) is 2.87. The van der Waals surface area contributed by atoms with Gasteiger partial charge in [-0.3, -0.25) is 0 Å². The van der Waals surface area contributed by atoms with Crippen LogP contribution < -0.4 is 5.32 Å². The van der Waals surface area contributed by atoms with Crippen molar-refractivity contribution in [1.29, 1.82) is 0 Å². The van der Waals surface area contributed by atoms with E-state index in [1.807, 2.05) is 18.2 Å². The van der Waals surface area contributed by atoms with Gasteiger partial charge >= 0.3 is 0 Å². The van der Waals surface area contributed by atoms with Crippen LogP contribution in [0.3, 0.4) is 0 Å². The molecule has 3 nitrogen and oxygen atoms in total. The predicted molar refractivity (Wildman–Crippen MR) is 79.2 cm³/mol. The van der Waals surface area contributed by atoms with Gasteiger partial charge in [-0.1, -0.05) is 31.2 Å². The zero-order valence-electron chi connectivity index (χ0n) is 11.0. The van der Waals surface area contributed by atoms with E-state index < -0.39 is 0 Å². The SMILES string of the molecule is CCc1ccc2nc(CNc3ccccc3)[nH]c2c1. The number of aromatic amines is 1. The van der Waals surface area contributed by atoms with Crippen molar-refractivity contribution in [2.75, 3.05) is 5.32 Å². The number of hydrogen-bond acceptors (Lipinski definition) is 2. The lowest BCUT2D eigenvalue weighted by atomic mass is 10.1. The Hall–Kier alpha value is -2.29. The summed E-state index contributed by atoms with van der Waals surface area (Å²) in [5, 5.41) is 3.36. The highest BCUT2D eigenvalue weighted by Gasteiger charge is 2.03. The summed E-state index contributed by atoms with van der Waals surface area (Å²) < 4.78 is 0. The number of imidazole rings is 1. The maximum atomic E-state index is 4.59. The van der Waals surface area contributed by atoms with Gasteiger partial charge < -0.3 is 10.3 Å². The molecule has 2 N–H and O–H groups in total. The lowest BCUT2D eigenvalue weighted by Crippen LogP contribution is -2.00. The van der Waals surface area contributed by atoms with Gasteiger partial charge in [-0.25, -0.2) is 4.98 Å². The largest absolute Gasteiger partial charge is 0.378 e. The molecule has 3 rings (SSSR count). The number of aromatic nitrogens is 2. The van der Waals surface area contributed by atoms with Gasteiger partial charge in [0.25, 0.3) is 0 Å². The Morgan fingerprint density at radius 1 is 1.11 bits per heavy atom. The van der Waals surface area contributed by atoms with E-state index in [9.17, 15) is 0 Å². The number of H-pyrrole nitrogens is 1. The zero-order valence-corrected chi connectivity index (χ0v) is 11.0. The quantitative estimate of drug-likeness (QED) is 0.741. The third kappa shape index (κ3) is 2.60. The van der Waals surface area contributed by atoms with Crippen molar-refractivity contribution < 1.29 is 0 Å². The molecular formula is C16H17N3. The predicted octanol–water partition coefficient (Wildman–Crippen LogP) is 3.74. The van der Waals surface area contributed by atoms with Crippen LogP contribution in [0.5, 0.6) is 0 Å². The van der Waals surface area contributed by atoms with Gasteiger partial charge in [0.05, 0.1) is 17.6 Å². The Morgan fingerprint density at radius 2 is 1.95 bits per heavy atom. The van der Waals surface area contributed by atoms with Gasteiger partial charge in [0.15, 0.2) is 0 Å². The van der Waals surface area contributed by atoms with E-state index in [2.05, 4.69) is 52.5 Å². The fraction of sp³-hybridized carbons (Fsp3) is 0.188. The summed E-state index contributed by atoms with van der Waals surface area (Å²) >= 11 is 0. The van der Waals surface area contributed by atoms with Crippen molar-refractivity contribution in [3.63, 3.8) is 0 Å². The molecule has 19 heavy (non-hydrogen) atoms. The minimum absolute atomic E-state index is 0.708. The van der Waals surface area contributed by atoms with Gasteiger partial charge in [0, 0.05) is 5.69 Å². The molecule has 0 bridgehead atoms. The number of nitrogens with one attached hydrogen (secondary N) is 2. The summed E-state index contributed by atoms with van der Waals surface area (Å²) in [4.78, 5) is 7.95. The highest BCUT2D eigenvalue weighted by molar-refractivity contribution is 5.75. The van der Waals surface area contributed by atoms with E-state index in [1.165, 1.54) is 5.56 Å². The highest BCUT2D eigenvalue weighted by atomic mass is 15.0. The fourth-order valence-electron chi connectivity index (χ4n) is 2.16. The van der Waals surface area contributed by atoms with E-state index in [4.69, 9.17) is 0 Å². The van der Waals surface area contributed by atoms with E-state index in [0.717, 1.165) is 29.0 Å². The standard InChI is InChI=1S/C16H17N3/c1-2-12-8-9-14-15(10-12)19-16(18-14)11-17-13-6-4-3-5-7-13/h3-10,17H,2,11H2,1H3,(H,18,19). The Balaban J connectivity index is 1.78. The Bertz CT molecular complexity index is 671. The first-order valence-electron chi connectivity index (χ1n) is 6.61. The summed E-state index contributed by atoms with van der Waals surface area (Å²) in [7, 11) is 0. The summed E-state index contributed by atoms with van der Waals surface area (Å²) in [5.41, 5.74) is 4.59. The summed E-state index contributed by atoms with van der Waals surface area (Å²) in [5.74, 6) is 0.965. The minimum Gasteiger partial charge on any atom is -0.378 e. The summed E-state index contributed by atoms with van der Waals surface area (Å²) in [6, 6.07) is 16.6. The van der Waals surface area contributed by atoms with E-state index in [0.29, 0.717) is 6.54 Å². The van der Waals surface area contributed by atoms with Gasteiger partial charge in [0.1, 0.15) is 5.82 Å². The zero-order chi connectivity index (χ0) is 13.1. The number of aryl methyl sites for hydroxylation is 1. The number of para-hydroxylation sites is 1. The normalized spacial score (nSPS) is 10.8. The molecule has 0 unspecified atom stereocenters. The van der Waals surface area contributed by atoms with Gasteiger partial charge in [-0.2, -0.15) is 0 Å². The van der Waals surface area contributed by atoms with Crippen molar-refractivity contribution in [2.45, 2.75) is 19.9 Å². The van der Waals surface area contributed by atoms with Crippen molar-refractivity contribution in [2.24, 2.45) is 0 Å². The molecule has 0 aliphatic carbocycles. The topological polar surface area (TPSA) is 40.7 Å². The summed E-state index contributed by atoms with van der Waals surface area (Å²) in [6.07, 6.45) is 1.05. The van der Waals surface area contributed by atoms with Crippen molar-refractivity contribution >= 4 is 16.7 Å². The first-order chi connectivity index (χ1) is 9.35. The molecule has 96 valence electrons. The van der Waals surface area contributed by atoms with Crippen LogP contribution in [0, 0.1) is 0 Å². The van der Waals surface area contributed by atoms with Crippen LogP contribution in [0.25, 0.3) is 11.0 Å². The lowest BCUT2D eigenvalue weighted by Gasteiger charge is -2.02. The monoisotopic (exact) mass is 251 g/mol. The number of benzene rings is 2. The van der Waals surface area contributed by atoms with E-state index in [1.54, 1.807) is 0 Å². The van der Waals surface area contributed by atoms with Crippen LogP contribution in [-0.4, -0.2) is 9.97 Å². The second kappa shape index (κ2) is 5.14. The van der Waals surface area contributed by atoms with Crippen LogP contribution in [-0.2, 0) is 13.0 Å². The first kappa shape index (κ1) is 11.8. The van der Waals surface area contributed by atoms with E-state index >= 15 is 0 Å². The molecule has 0 amide bonds. The molecule has 1 aromatic heterocycles. The van der Waals surface area contributed by atoms with E-state index in [-0.39, 0.29) is 0 Å². The Labute approximate surface area is 112 Å². The Kier molecular flexibility index (Phi) is 3.19. The lowest BCUT2D eigenvalue weighted by molar-refractivity contribution is 1.01. The molecule has 2 aromatic carbocycles. The maximum Gasteiger partial charge on any atom is 0.126 e. The second-order valence-electron chi connectivity index (χ2n) is 4.61. The van der Waals surface area contributed by atoms with Gasteiger partial charge in [-0.05, 0) is 36.2 Å². The first-order valence-corrected chi connectivity index (χ1v) is 6.61. The molecule has 0 aliphatic rings. The van der Waals surface area contributed by atoms with Crippen LogP contribution in [0.4, 0.5) is 5.69 Å². The number of rotatable bonds is 4. The highest BCUT2D eigenvalue weighted by Crippen LogP contribution is 2.15. The van der Waals surface area contributed by atoms with Crippen molar-refractivity contribution in [3.8, 4) is 0 Å². The molecule has 0 saturated carbocycles. The third-order valence-electron chi connectivity index (χ3n) is 3.24. The van der Waals surface area contributed by atoms with Crippen molar-refractivity contribution in [3.05, 3.63) is 59.9 Å². The maximum absolute atomic E-state index is 4.59. The van der Waals surface area contributed by atoms with Gasteiger partial charge in [-0.15, -0.1) is 0 Å². The van der Waals surface area contributed by atoms with Crippen LogP contribution in [0.2, 0.25) is 0 Å². The molecule has 0 saturated heterocycles. The molecule has 0 atom stereocenters. The molecule has 0 radical (unpaired) electrons. The van der Waals surface area contributed by atoms with Crippen LogP contribution in [0.15, 0.2) is 48.5 Å². The Morgan fingerprint density at radius 3 is 2.74 bits per heavy atom. The number of anilines is 1. The average Bonchev–Trinajstić information content (AvgIpc) is 2.88. The molecular weight excluding hydrogens is 234 g/mol.